The first-order valence-corrected chi connectivity index (χ1v) is 10.9. The Kier molecular flexibility index (Phi) is 6.59. The van der Waals surface area contributed by atoms with Gasteiger partial charge in [0.25, 0.3) is 5.69 Å². The number of methoxy groups -OCH3 is 1. The van der Waals surface area contributed by atoms with Crippen LogP contribution in [0, 0.1) is 10.1 Å². The smallest absolute Gasteiger partial charge is 0.345 e. The number of hydrogen-bond donors (Lipinski definition) is 0. The van der Waals surface area contributed by atoms with Crippen LogP contribution in [-0.2, 0) is 16.1 Å². The lowest BCUT2D eigenvalue weighted by Gasteiger charge is -2.20. The highest BCUT2D eigenvalue weighted by atomic mass is 32.1. The lowest BCUT2D eigenvalue weighted by atomic mass is 10.1. The molecule has 1 amide bonds. The number of carbonyl (C=O) groups excluding carboxylic acids is 2. The van der Waals surface area contributed by atoms with Crippen molar-refractivity contribution in [1.29, 1.82) is 0 Å². The normalized spacial score (nSPS) is 12.1. The van der Waals surface area contributed by atoms with E-state index < -0.39 is 16.6 Å². The molecule has 0 fully saturated rings. The van der Waals surface area contributed by atoms with Crippen molar-refractivity contribution in [1.82, 2.24) is 4.98 Å². The van der Waals surface area contributed by atoms with Crippen LogP contribution in [0.25, 0.3) is 0 Å². The molecule has 0 aliphatic carbocycles. The van der Waals surface area contributed by atoms with Gasteiger partial charge < -0.3 is 18.9 Å². The Morgan fingerprint density at radius 1 is 1.21 bits per heavy atom. The number of nitrogens with zero attached hydrogens (tertiary/aromatic N) is 3. The molecule has 0 bridgehead atoms. The third kappa shape index (κ3) is 4.62. The van der Waals surface area contributed by atoms with Gasteiger partial charge in [-0.2, -0.15) is 0 Å². The zero-order valence-electron chi connectivity index (χ0n) is 18.2. The summed E-state index contributed by atoms with van der Waals surface area (Å²) in [5.74, 6) is -0.277. The molecule has 176 valence electrons. The summed E-state index contributed by atoms with van der Waals surface area (Å²) < 4.78 is 21.4. The van der Waals surface area contributed by atoms with Gasteiger partial charge in [0.2, 0.25) is 5.91 Å². The van der Waals surface area contributed by atoms with Crippen LogP contribution in [-0.4, -0.2) is 42.1 Å². The van der Waals surface area contributed by atoms with Crippen LogP contribution in [0.15, 0.2) is 41.8 Å². The molecule has 0 saturated carbocycles. The largest absolute Gasteiger partial charge is 0.495 e. The van der Waals surface area contributed by atoms with Crippen LogP contribution >= 0.6 is 11.3 Å². The molecule has 2 heterocycles. The highest BCUT2D eigenvalue weighted by Crippen LogP contribution is 2.38. The number of para-hydroxylation sites is 2. The monoisotopic (exact) mass is 485 g/mol. The molecule has 1 aliphatic rings. The Labute approximate surface area is 197 Å². The Hall–Kier alpha value is -4.19. The van der Waals surface area contributed by atoms with Gasteiger partial charge >= 0.3 is 5.97 Å². The average Bonchev–Trinajstić information content (AvgIpc) is 3.30. The van der Waals surface area contributed by atoms with E-state index >= 15 is 0 Å². The number of ether oxygens (including phenoxy) is 4. The third-order valence-corrected chi connectivity index (χ3v) is 5.67. The highest BCUT2D eigenvalue weighted by Gasteiger charge is 2.28. The van der Waals surface area contributed by atoms with Crippen molar-refractivity contribution in [3.8, 4) is 17.2 Å². The van der Waals surface area contributed by atoms with Gasteiger partial charge in [0, 0.05) is 18.4 Å². The lowest BCUT2D eigenvalue weighted by molar-refractivity contribution is -0.385. The number of carbonyl (C=O) groups is 2. The van der Waals surface area contributed by atoms with Gasteiger partial charge in [-0.05, 0) is 12.1 Å². The topological polar surface area (TPSA) is 130 Å². The number of amides is 1. The third-order valence-electron chi connectivity index (χ3n) is 4.80. The lowest BCUT2D eigenvalue weighted by Crippen LogP contribution is -2.23. The fraction of sp³-hybridized carbons (Fsp3) is 0.227. The van der Waals surface area contributed by atoms with E-state index in [0.29, 0.717) is 22.3 Å². The van der Waals surface area contributed by atoms with Gasteiger partial charge in [-0.25, -0.2) is 9.78 Å². The molecule has 34 heavy (non-hydrogen) atoms. The van der Waals surface area contributed by atoms with Crippen molar-refractivity contribution in [2.45, 2.75) is 13.5 Å². The van der Waals surface area contributed by atoms with Gasteiger partial charge in [0.1, 0.15) is 31.1 Å². The summed E-state index contributed by atoms with van der Waals surface area (Å²) in [5, 5.41) is 13.4. The number of nitro groups is 1. The summed E-state index contributed by atoms with van der Waals surface area (Å²) in [6.45, 7) is 1.67. The van der Waals surface area contributed by atoms with Crippen LogP contribution in [0.2, 0.25) is 0 Å². The molecule has 0 saturated heterocycles. The molecular weight excluding hydrogens is 466 g/mol. The molecule has 0 N–H and O–H groups in total. The molecule has 2 aromatic carbocycles. The van der Waals surface area contributed by atoms with Crippen molar-refractivity contribution in [2.75, 3.05) is 25.2 Å². The van der Waals surface area contributed by atoms with Crippen molar-refractivity contribution in [3.05, 3.63) is 63.1 Å². The predicted octanol–water partition coefficient (Wildman–Crippen LogP) is 3.87. The summed E-state index contributed by atoms with van der Waals surface area (Å²) in [4.78, 5) is 41.6. The fourth-order valence-corrected chi connectivity index (χ4v) is 4.16. The summed E-state index contributed by atoms with van der Waals surface area (Å²) in [6.07, 6.45) is 0. The van der Waals surface area contributed by atoms with Crippen molar-refractivity contribution >= 4 is 39.7 Å². The number of hydrogen-bond acceptors (Lipinski definition) is 10. The average molecular weight is 485 g/mol. The second kappa shape index (κ2) is 9.75. The predicted molar refractivity (Wildman–Crippen MR) is 121 cm³/mol. The fourth-order valence-electron chi connectivity index (χ4n) is 3.30. The molecule has 0 spiro atoms. The number of fused-ring (bicyclic) bond motifs is 1. The molecule has 4 rings (SSSR count). The minimum atomic E-state index is -0.911. The first-order chi connectivity index (χ1) is 16.4. The van der Waals surface area contributed by atoms with E-state index in [-0.39, 0.29) is 42.8 Å². The van der Waals surface area contributed by atoms with Gasteiger partial charge in [-0.1, -0.05) is 12.1 Å². The zero-order chi connectivity index (χ0) is 24.2. The van der Waals surface area contributed by atoms with Crippen molar-refractivity contribution in [2.24, 2.45) is 0 Å². The van der Waals surface area contributed by atoms with E-state index in [2.05, 4.69) is 4.98 Å². The molecule has 12 heteroatoms. The minimum Gasteiger partial charge on any atom is -0.495 e. The van der Waals surface area contributed by atoms with Crippen molar-refractivity contribution < 1.29 is 33.5 Å². The molecule has 0 atom stereocenters. The molecule has 11 nitrogen and oxygen atoms in total. The van der Waals surface area contributed by atoms with Crippen LogP contribution < -0.4 is 19.1 Å². The van der Waals surface area contributed by atoms with Crippen LogP contribution in [0.1, 0.15) is 23.0 Å². The Bertz CT molecular complexity index is 1260. The summed E-state index contributed by atoms with van der Waals surface area (Å²) in [5.41, 5.74) is 0.174. The van der Waals surface area contributed by atoms with Crippen LogP contribution in [0.3, 0.4) is 0 Å². The maximum absolute atomic E-state index is 12.7. The van der Waals surface area contributed by atoms with Crippen molar-refractivity contribution in [3.63, 3.8) is 0 Å². The van der Waals surface area contributed by atoms with Gasteiger partial charge in [-0.15, -0.1) is 11.3 Å². The van der Waals surface area contributed by atoms with Crippen LogP contribution in [0.4, 0.5) is 16.5 Å². The van der Waals surface area contributed by atoms with E-state index in [1.807, 2.05) is 0 Å². The molecule has 3 aromatic rings. The zero-order valence-corrected chi connectivity index (χ0v) is 19.0. The number of aromatic nitrogens is 1. The SMILES string of the molecule is COc1ccccc1N(C(C)=O)c1nc(COC(=O)c2cc3c(cc2[N+](=O)[O-])OCCO3)cs1. The molecule has 1 aromatic heterocycles. The molecule has 1 aliphatic heterocycles. The number of esters is 1. The molecular formula is C22H19N3O8S. The number of thiazole rings is 1. The van der Waals surface area contributed by atoms with E-state index in [4.69, 9.17) is 18.9 Å². The van der Waals surface area contributed by atoms with Crippen LogP contribution in [0.5, 0.6) is 17.2 Å². The number of nitro benzene ring substituents is 1. The van der Waals surface area contributed by atoms with E-state index in [1.165, 1.54) is 36.3 Å². The summed E-state index contributed by atoms with van der Waals surface area (Å²) in [7, 11) is 1.50. The Balaban J connectivity index is 1.53. The first kappa shape index (κ1) is 23.0. The summed E-state index contributed by atoms with van der Waals surface area (Å²) in [6, 6.07) is 9.38. The van der Waals surface area contributed by atoms with Gasteiger partial charge in [0.05, 0.1) is 29.5 Å². The standard InChI is InChI=1S/C22H19N3O8S/c1-13(26)24(16-5-3-4-6-18(16)30-2)22-23-14(12-34-22)11-33-21(27)15-9-19-20(32-8-7-31-19)10-17(15)25(28)29/h3-6,9-10,12H,7-8,11H2,1-2H3. The summed E-state index contributed by atoms with van der Waals surface area (Å²) >= 11 is 1.18. The number of rotatable bonds is 7. The first-order valence-electron chi connectivity index (χ1n) is 10.0. The molecule has 0 unspecified atom stereocenters. The highest BCUT2D eigenvalue weighted by molar-refractivity contribution is 7.14. The Morgan fingerprint density at radius 3 is 2.59 bits per heavy atom. The maximum Gasteiger partial charge on any atom is 0.345 e. The Morgan fingerprint density at radius 2 is 1.91 bits per heavy atom. The number of benzene rings is 2. The second-order valence-electron chi connectivity index (χ2n) is 6.99. The van der Waals surface area contributed by atoms with E-state index in [0.717, 1.165) is 6.07 Å². The molecule has 0 radical (unpaired) electrons. The quantitative estimate of drug-likeness (QED) is 0.278. The minimum absolute atomic E-state index is 0.194. The van der Waals surface area contributed by atoms with Gasteiger partial charge in [-0.3, -0.25) is 19.8 Å². The maximum atomic E-state index is 12.7. The van der Waals surface area contributed by atoms with Gasteiger partial charge in [0.15, 0.2) is 16.6 Å². The van der Waals surface area contributed by atoms with E-state index in [9.17, 15) is 19.7 Å². The number of anilines is 2. The second-order valence-corrected chi connectivity index (χ2v) is 7.83. The van der Waals surface area contributed by atoms with E-state index in [1.54, 1.807) is 29.6 Å².